The average Bonchev–Trinajstić information content (AvgIpc) is 3.10. The lowest BCUT2D eigenvalue weighted by Gasteiger charge is -2.14. The minimum atomic E-state index is 0.0621. The van der Waals surface area contributed by atoms with Crippen LogP contribution in [0.25, 0.3) is 11.2 Å². The molecule has 20 heavy (non-hydrogen) atoms. The number of fused-ring (bicyclic) bond motifs is 1. The Balaban J connectivity index is 1.91. The van der Waals surface area contributed by atoms with Crippen LogP contribution < -0.4 is 0 Å². The van der Waals surface area contributed by atoms with Crippen molar-refractivity contribution in [2.75, 3.05) is 0 Å². The molecule has 106 valence electrons. The van der Waals surface area contributed by atoms with Gasteiger partial charge < -0.3 is 4.74 Å². The molecule has 5 nitrogen and oxygen atoms in total. The van der Waals surface area contributed by atoms with Crippen LogP contribution in [0.1, 0.15) is 44.5 Å². The zero-order valence-corrected chi connectivity index (χ0v) is 11.8. The van der Waals surface area contributed by atoms with Crippen LogP contribution in [0.5, 0.6) is 0 Å². The molecule has 3 heterocycles. The molecule has 3 rings (SSSR count). The maximum absolute atomic E-state index is 6.03. The smallest absolute Gasteiger partial charge is 0.165 e. The molecule has 0 amide bonds. The monoisotopic (exact) mass is 272 g/mol. The molecule has 0 N–H and O–H groups in total. The molecule has 0 bridgehead atoms. The van der Waals surface area contributed by atoms with Gasteiger partial charge in [0.2, 0.25) is 0 Å². The third kappa shape index (κ3) is 2.33. The van der Waals surface area contributed by atoms with E-state index in [9.17, 15) is 0 Å². The molecule has 2 aromatic rings. The first-order valence-corrected chi connectivity index (χ1v) is 7.26. The van der Waals surface area contributed by atoms with Gasteiger partial charge in [-0.3, -0.25) is 4.57 Å². The molecule has 2 aromatic heterocycles. The molecular formula is C15H20N4O. The molecule has 0 aromatic carbocycles. The van der Waals surface area contributed by atoms with E-state index in [0.29, 0.717) is 6.10 Å². The van der Waals surface area contributed by atoms with Gasteiger partial charge in [-0.15, -0.1) is 6.58 Å². The van der Waals surface area contributed by atoms with Crippen molar-refractivity contribution in [2.24, 2.45) is 0 Å². The Morgan fingerprint density at radius 2 is 2.30 bits per heavy atom. The molecule has 1 unspecified atom stereocenters. The summed E-state index contributed by atoms with van der Waals surface area (Å²) in [5.41, 5.74) is 2.75. The van der Waals surface area contributed by atoms with Crippen LogP contribution in [-0.4, -0.2) is 25.6 Å². The first-order valence-electron chi connectivity index (χ1n) is 7.26. The molecule has 1 aliphatic heterocycles. The van der Waals surface area contributed by atoms with Crippen molar-refractivity contribution in [1.82, 2.24) is 19.5 Å². The number of imidazole rings is 1. The van der Waals surface area contributed by atoms with Crippen molar-refractivity contribution in [2.45, 2.75) is 51.4 Å². The van der Waals surface area contributed by atoms with Crippen LogP contribution in [0, 0.1) is 0 Å². The Labute approximate surface area is 118 Å². The highest BCUT2D eigenvalue weighted by molar-refractivity contribution is 5.73. The number of ether oxygens (including phenoxy) is 1. The summed E-state index contributed by atoms with van der Waals surface area (Å²) in [6, 6.07) is 0. The molecule has 2 atom stereocenters. The molecule has 0 spiro atoms. The van der Waals surface area contributed by atoms with E-state index in [1.807, 2.05) is 17.0 Å². The first kappa shape index (κ1) is 13.2. The Kier molecular flexibility index (Phi) is 3.78. The van der Waals surface area contributed by atoms with Crippen molar-refractivity contribution in [3.63, 3.8) is 0 Å². The molecule has 0 saturated carbocycles. The Bertz CT molecular complexity index is 607. The number of hydrogen-bond donors (Lipinski definition) is 0. The summed E-state index contributed by atoms with van der Waals surface area (Å²) in [6.45, 7) is 5.91. The van der Waals surface area contributed by atoms with Crippen LogP contribution in [0.3, 0.4) is 0 Å². The largest absolute Gasteiger partial charge is 0.355 e. The second-order valence-electron chi connectivity index (χ2n) is 5.17. The maximum Gasteiger partial charge on any atom is 0.165 e. The van der Waals surface area contributed by atoms with Crippen molar-refractivity contribution < 1.29 is 4.74 Å². The fraction of sp³-hybridized carbons (Fsp3) is 0.533. The van der Waals surface area contributed by atoms with E-state index >= 15 is 0 Å². The van der Waals surface area contributed by atoms with Gasteiger partial charge in [-0.05, 0) is 32.1 Å². The zero-order chi connectivity index (χ0) is 13.9. The van der Waals surface area contributed by atoms with E-state index in [4.69, 9.17) is 4.74 Å². The standard InChI is InChI=1S/C15H20N4O/c1-3-5-6-12-14-15(17-9-16-12)19(10-18-14)13-8-7-11(4-2)20-13/h3,9-11,13H,1,4-8H2,2H3/t11?,13-/m1/s1. The van der Waals surface area contributed by atoms with Gasteiger partial charge in [-0.2, -0.15) is 0 Å². The van der Waals surface area contributed by atoms with Gasteiger partial charge in [0.1, 0.15) is 18.1 Å². The summed E-state index contributed by atoms with van der Waals surface area (Å²) < 4.78 is 8.08. The van der Waals surface area contributed by atoms with Crippen LogP contribution in [0.15, 0.2) is 25.3 Å². The van der Waals surface area contributed by atoms with Crippen molar-refractivity contribution >= 4 is 11.2 Å². The van der Waals surface area contributed by atoms with Gasteiger partial charge in [0.15, 0.2) is 5.65 Å². The second-order valence-corrected chi connectivity index (χ2v) is 5.17. The minimum Gasteiger partial charge on any atom is -0.355 e. The Morgan fingerprint density at radius 1 is 1.40 bits per heavy atom. The summed E-state index contributed by atoms with van der Waals surface area (Å²) >= 11 is 0. The van der Waals surface area contributed by atoms with Gasteiger partial charge in [0, 0.05) is 0 Å². The maximum atomic E-state index is 6.03. The van der Waals surface area contributed by atoms with Crippen LogP contribution >= 0.6 is 0 Å². The van der Waals surface area contributed by atoms with Gasteiger partial charge in [-0.25, -0.2) is 15.0 Å². The van der Waals surface area contributed by atoms with Gasteiger partial charge in [0.25, 0.3) is 0 Å². The number of rotatable bonds is 5. The summed E-state index contributed by atoms with van der Waals surface area (Å²) in [5.74, 6) is 0. The molecule has 0 aliphatic carbocycles. The van der Waals surface area contributed by atoms with Gasteiger partial charge in [0.05, 0.1) is 18.1 Å². The van der Waals surface area contributed by atoms with E-state index in [1.165, 1.54) is 0 Å². The van der Waals surface area contributed by atoms with Crippen molar-refractivity contribution in [1.29, 1.82) is 0 Å². The predicted octanol–water partition coefficient (Wildman–Crippen LogP) is 3.03. The highest BCUT2D eigenvalue weighted by atomic mass is 16.5. The van der Waals surface area contributed by atoms with Crippen LogP contribution in [0.2, 0.25) is 0 Å². The highest BCUT2D eigenvalue weighted by Crippen LogP contribution is 2.31. The average molecular weight is 272 g/mol. The van der Waals surface area contributed by atoms with Crippen LogP contribution in [0.4, 0.5) is 0 Å². The fourth-order valence-electron chi connectivity index (χ4n) is 2.72. The molecule has 1 saturated heterocycles. The third-order valence-corrected chi connectivity index (χ3v) is 3.87. The summed E-state index contributed by atoms with van der Waals surface area (Å²) in [6.07, 6.45) is 10.7. The quantitative estimate of drug-likeness (QED) is 0.785. The molecule has 5 heteroatoms. The van der Waals surface area contributed by atoms with E-state index in [-0.39, 0.29) is 6.23 Å². The summed E-state index contributed by atoms with van der Waals surface area (Å²) in [7, 11) is 0. The number of nitrogens with zero attached hydrogens (tertiary/aromatic N) is 4. The number of aryl methyl sites for hydroxylation is 1. The lowest BCUT2D eigenvalue weighted by molar-refractivity contribution is 0.00289. The van der Waals surface area contributed by atoms with Gasteiger partial charge in [-0.1, -0.05) is 13.0 Å². The SMILES string of the molecule is C=CCCc1ncnc2c1ncn2[C@H]1CCC(CC)O1. The lowest BCUT2D eigenvalue weighted by atomic mass is 10.2. The summed E-state index contributed by atoms with van der Waals surface area (Å²) in [5, 5.41) is 0. The number of hydrogen-bond acceptors (Lipinski definition) is 4. The lowest BCUT2D eigenvalue weighted by Crippen LogP contribution is -2.10. The Hall–Kier alpha value is -1.75. The summed E-state index contributed by atoms with van der Waals surface area (Å²) in [4.78, 5) is 13.2. The molecule has 0 radical (unpaired) electrons. The number of aromatic nitrogens is 4. The van der Waals surface area contributed by atoms with E-state index in [2.05, 4.69) is 28.5 Å². The van der Waals surface area contributed by atoms with Gasteiger partial charge >= 0.3 is 0 Å². The minimum absolute atomic E-state index is 0.0621. The van der Waals surface area contributed by atoms with Crippen molar-refractivity contribution in [3.8, 4) is 0 Å². The molecular weight excluding hydrogens is 252 g/mol. The second kappa shape index (κ2) is 5.71. The first-order chi connectivity index (χ1) is 9.83. The predicted molar refractivity (Wildman–Crippen MR) is 77.3 cm³/mol. The zero-order valence-electron chi connectivity index (χ0n) is 11.8. The van der Waals surface area contributed by atoms with Crippen LogP contribution in [-0.2, 0) is 11.2 Å². The highest BCUT2D eigenvalue weighted by Gasteiger charge is 2.27. The van der Waals surface area contributed by atoms with E-state index < -0.39 is 0 Å². The number of allylic oxidation sites excluding steroid dienone is 1. The molecule has 1 aliphatic rings. The van der Waals surface area contributed by atoms with Crippen molar-refractivity contribution in [3.05, 3.63) is 31.0 Å². The third-order valence-electron chi connectivity index (χ3n) is 3.87. The van der Waals surface area contributed by atoms with E-state index in [0.717, 1.165) is 49.0 Å². The molecule has 1 fully saturated rings. The topological polar surface area (TPSA) is 52.8 Å². The normalized spacial score (nSPS) is 22.4. The fourth-order valence-corrected chi connectivity index (χ4v) is 2.72. The van der Waals surface area contributed by atoms with E-state index in [1.54, 1.807) is 6.33 Å². The Morgan fingerprint density at radius 3 is 3.05 bits per heavy atom.